The molecule has 0 unspecified atom stereocenters. The SMILES string of the molecule is CCOC(=O)c1nc2cc(OC)c(OC)cc2n(C)c1=O. The van der Waals surface area contributed by atoms with Crippen LogP contribution in [0.25, 0.3) is 11.0 Å². The van der Waals surface area contributed by atoms with Gasteiger partial charge in [-0.15, -0.1) is 0 Å². The molecule has 0 spiro atoms. The zero-order valence-electron chi connectivity index (χ0n) is 12.3. The molecule has 1 aromatic heterocycles. The quantitative estimate of drug-likeness (QED) is 0.786. The fourth-order valence-corrected chi connectivity index (χ4v) is 1.98. The maximum absolute atomic E-state index is 12.2. The van der Waals surface area contributed by atoms with E-state index in [9.17, 15) is 9.59 Å². The molecule has 2 aromatic rings. The highest BCUT2D eigenvalue weighted by Gasteiger charge is 2.18. The third kappa shape index (κ3) is 2.54. The second-order valence-corrected chi connectivity index (χ2v) is 4.24. The molecule has 0 aliphatic rings. The Bertz CT molecular complexity index is 751. The number of nitrogens with zero attached hydrogens (tertiary/aromatic N) is 2. The van der Waals surface area contributed by atoms with Crippen molar-refractivity contribution >= 4 is 17.0 Å². The minimum atomic E-state index is -0.741. The molecular formula is C14H16N2O5. The first-order valence-electron chi connectivity index (χ1n) is 6.33. The molecule has 2 rings (SSSR count). The maximum atomic E-state index is 12.2. The summed E-state index contributed by atoms with van der Waals surface area (Å²) < 4.78 is 16.6. The molecule has 0 amide bonds. The van der Waals surface area contributed by atoms with E-state index in [0.717, 1.165) is 0 Å². The first-order chi connectivity index (χ1) is 10.0. The average molecular weight is 292 g/mol. The van der Waals surface area contributed by atoms with Crippen LogP contribution >= 0.6 is 0 Å². The van der Waals surface area contributed by atoms with Crippen molar-refractivity contribution in [2.45, 2.75) is 6.92 Å². The molecule has 0 saturated heterocycles. The Morgan fingerprint density at radius 1 is 1.24 bits per heavy atom. The molecule has 21 heavy (non-hydrogen) atoms. The zero-order valence-corrected chi connectivity index (χ0v) is 12.3. The van der Waals surface area contributed by atoms with Gasteiger partial charge >= 0.3 is 5.97 Å². The summed E-state index contributed by atoms with van der Waals surface area (Å²) in [6.45, 7) is 1.84. The van der Waals surface area contributed by atoms with Gasteiger partial charge in [0, 0.05) is 19.2 Å². The van der Waals surface area contributed by atoms with Crippen molar-refractivity contribution < 1.29 is 19.0 Å². The number of hydrogen-bond donors (Lipinski definition) is 0. The van der Waals surface area contributed by atoms with Crippen molar-refractivity contribution in [3.05, 3.63) is 28.2 Å². The van der Waals surface area contributed by atoms with Crippen LogP contribution in [0.4, 0.5) is 0 Å². The monoisotopic (exact) mass is 292 g/mol. The van der Waals surface area contributed by atoms with Gasteiger partial charge in [0.05, 0.1) is 31.9 Å². The van der Waals surface area contributed by atoms with Crippen LogP contribution in [0, 0.1) is 0 Å². The molecular weight excluding hydrogens is 276 g/mol. The molecule has 1 aromatic carbocycles. The largest absolute Gasteiger partial charge is 0.493 e. The minimum absolute atomic E-state index is 0.174. The molecule has 0 saturated carbocycles. The highest BCUT2D eigenvalue weighted by Crippen LogP contribution is 2.30. The van der Waals surface area contributed by atoms with Crippen LogP contribution in [0.2, 0.25) is 0 Å². The molecule has 0 radical (unpaired) electrons. The summed E-state index contributed by atoms with van der Waals surface area (Å²) in [5, 5.41) is 0. The molecule has 0 N–H and O–H groups in total. The molecule has 0 aliphatic heterocycles. The topological polar surface area (TPSA) is 79.7 Å². The van der Waals surface area contributed by atoms with Crippen LogP contribution in [0.5, 0.6) is 11.5 Å². The lowest BCUT2D eigenvalue weighted by molar-refractivity contribution is 0.0517. The van der Waals surface area contributed by atoms with E-state index in [-0.39, 0.29) is 12.3 Å². The summed E-state index contributed by atoms with van der Waals surface area (Å²) in [6, 6.07) is 3.24. The van der Waals surface area contributed by atoms with Gasteiger partial charge in [0.1, 0.15) is 0 Å². The summed E-state index contributed by atoms with van der Waals surface area (Å²) in [5.74, 6) is 0.200. The van der Waals surface area contributed by atoms with Crippen molar-refractivity contribution in [2.24, 2.45) is 7.05 Å². The van der Waals surface area contributed by atoms with E-state index in [2.05, 4.69) is 4.98 Å². The van der Waals surface area contributed by atoms with Crippen molar-refractivity contribution in [3.63, 3.8) is 0 Å². The Labute approximate surface area is 121 Å². The lowest BCUT2D eigenvalue weighted by Gasteiger charge is -2.12. The van der Waals surface area contributed by atoms with E-state index in [1.54, 1.807) is 26.1 Å². The lowest BCUT2D eigenvalue weighted by atomic mass is 10.2. The van der Waals surface area contributed by atoms with Gasteiger partial charge in [-0.2, -0.15) is 0 Å². The van der Waals surface area contributed by atoms with Crippen LogP contribution in [-0.2, 0) is 11.8 Å². The van der Waals surface area contributed by atoms with Crippen LogP contribution in [-0.4, -0.2) is 36.3 Å². The Balaban J connectivity index is 2.75. The minimum Gasteiger partial charge on any atom is -0.493 e. The normalized spacial score (nSPS) is 10.5. The standard InChI is InChI=1S/C14H16N2O5/c1-5-21-14(18)12-13(17)16(2)9-7-11(20-4)10(19-3)6-8(9)15-12/h6-7H,5H2,1-4H3. The van der Waals surface area contributed by atoms with Gasteiger partial charge in [-0.25, -0.2) is 9.78 Å². The number of ether oxygens (including phenoxy) is 3. The van der Waals surface area contributed by atoms with Gasteiger partial charge in [-0.3, -0.25) is 4.79 Å². The summed E-state index contributed by atoms with van der Waals surface area (Å²) in [5.41, 5.74) is 0.204. The predicted octanol–water partition coefficient (Wildman–Crippen LogP) is 1.13. The molecule has 112 valence electrons. The fourth-order valence-electron chi connectivity index (χ4n) is 1.98. The summed E-state index contributed by atoms with van der Waals surface area (Å²) in [6.07, 6.45) is 0. The van der Waals surface area contributed by atoms with Gasteiger partial charge in [-0.05, 0) is 6.92 Å². The summed E-state index contributed by atoms with van der Waals surface area (Å²) >= 11 is 0. The molecule has 0 aliphatic carbocycles. The molecule has 0 fully saturated rings. The van der Waals surface area contributed by atoms with Crippen molar-refractivity contribution in [2.75, 3.05) is 20.8 Å². The van der Waals surface area contributed by atoms with Gasteiger partial charge in [0.15, 0.2) is 11.5 Å². The summed E-state index contributed by atoms with van der Waals surface area (Å²) in [7, 11) is 4.56. The predicted molar refractivity (Wildman–Crippen MR) is 76.0 cm³/mol. The maximum Gasteiger partial charge on any atom is 0.362 e. The molecule has 7 nitrogen and oxygen atoms in total. The molecule has 0 bridgehead atoms. The Morgan fingerprint density at radius 2 is 1.86 bits per heavy atom. The van der Waals surface area contributed by atoms with Crippen LogP contribution in [0.3, 0.4) is 0 Å². The number of fused-ring (bicyclic) bond motifs is 1. The Kier molecular flexibility index (Phi) is 4.11. The zero-order chi connectivity index (χ0) is 15.6. The summed E-state index contributed by atoms with van der Waals surface area (Å²) in [4.78, 5) is 28.1. The number of hydrogen-bond acceptors (Lipinski definition) is 6. The number of rotatable bonds is 4. The Hall–Kier alpha value is -2.57. The van der Waals surface area contributed by atoms with Crippen molar-refractivity contribution in [1.82, 2.24) is 9.55 Å². The number of carbonyl (C=O) groups is 1. The second kappa shape index (κ2) is 5.82. The number of carbonyl (C=O) groups excluding carboxylic acids is 1. The van der Waals surface area contributed by atoms with Crippen LogP contribution in [0.1, 0.15) is 17.4 Å². The second-order valence-electron chi connectivity index (χ2n) is 4.24. The fraction of sp³-hybridized carbons (Fsp3) is 0.357. The van der Waals surface area contributed by atoms with Gasteiger partial charge in [0.25, 0.3) is 5.56 Å². The number of benzene rings is 1. The first kappa shape index (κ1) is 14.8. The van der Waals surface area contributed by atoms with E-state index >= 15 is 0 Å². The Morgan fingerprint density at radius 3 is 2.43 bits per heavy atom. The third-order valence-corrected chi connectivity index (χ3v) is 3.05. The highest BCUT2D eigenvalue weighted by atomic mass is 16.5. The van der Waals surface area contributed by atoms with Gasteiger partial charge in [0.2, 0.25) is 5.69 Å². The van der Waals surface area contributed by atoms with E-state index in [1.165, 1.54) is 18.8 Å². The van der Waals surface area contributed by atoms with E-state index in [4.69, 9.17) is 14.2 Å². The van der Waals surface area contributed by atoms with E-state index in [1.807, 2.05) is 0 Å². The number of aromatic nitrogens is 2. The first-order valence-corrected chi connectivity index (χ1v) is 6.33. The smallest absolute Gasteiger partial charge is 0.362 e. The third-order valence-electron chi connectivity index (χ3n) is 3.05. The van der Waals surface area contributed by atoms with Crippen LogP contribution < -0.4 is 15.0 Å². The van der Waals surface area contributed by atoms with Crippen molar-refractivity contribution in [3.8, 4) is 11.5 Å². The van der Waals surface area contributed by atoms with Crippen molar-refractivity contribution in [1.29, 1.82) is 0 Å². The lowest BCUT2D eigenvalue weighted by Crippen LogP contribution is -2.27. The van der Waals surface area contributed by atoms with E-state index in [0.29, 0.717) is 22.5 Å². The highest BCUT2D eigenvalue weighted by molar-refractivity contribution is 5.90. The van der Waals surface area contributed by atoms with Gasteiger partial charge in [-0.1, -0.05) is 0 Å². The molecule has 7 heteroatoms. The number of methoxy groups -OCH3 is 2. The average Bonchev–Trinajstić information content (AvgIpc) is 2.49. The van der Waals surface area contributed by atoms with Gasteiger partial charge < -0.3 is 18.8 Å². The molecule has 0 atom stereocenters. The van der Waals surface area contributed by atoms with Crippen LogP contribution in [0.15, 0.2) is 16.9 Å². The van der Waals surface area contributed by atoms with E-state index < -0.39 is 11.5 Å². The molecule has 1 heterocycles. The number of aryl methyl sites for hydroxylation is 1. The number of esters is 1.